The second-order valence-electron chi connectivity index (χ2n) is 3.50. The lowest BCUT2D eigenvalue weighted by Gasteiger charge is -2.09. The van der Waals surface area contributed by atoms with Gasteiger partial charge in [-0.2, -0.15) is 0 Å². The largest absolute Gasteiger partial charge is 0.488 e. The molecule has 0 radical (unpaired) electrons. The van der Waals surface area contributed by atoms with E-state index in [1.54, 1.807) is 0 Å². The molecule has 0 saturated carbocycles. The predicted molar refractivity (Wildman–Crippen MR) is 59.9 cm³/mol. The molecule has 100 valence electrons. The normalized spacial score (nSPS) is 10.4. The van der Waals surface area contributed by atoms with Crippen LogP contribution in [0.25, 0.3) is 0 Å². The summed E-state index contributed by atoms with van der Waals surface area (Å²) in [6, 6.07) is 1.91. The van der Waals surface area contributed by atoms with Crippen molar-refractivity contribution in [3.63, 3.8) is 0 Å². The molecule has 0 bridgehead atoms. The number of ether oxygens (including phenoxy) is 2. The van der Waals surface area contributed by atoms with Crippen LogP contribution in [0.4, 0.5) is 8.78 Å². The highest BCUT2D eigenvalue weighted by atomic mass is 19.1. The summed E-state index contributed by atoms with van der Waals surface area (Å²) in [6.45, 7) is 2.84. The third-order valence-electron chi connectivity index (χ3n) is 2.10. The van der Waals surface area contributed by atoms with Crippen molar-refractivity contribution >= 4 is 5.97 Å². The van der Waals surface area contributed by atoms with Crippen LogP contribution in [0.5, 0.6) is 5.75 Å². The Bertz CT molecular complexity index is 421. The van der Waals surface area contributed by atoms with E-state index in [4.69, 9.17) is 14.6 Å². The number of halogens is 2. The quantitative estimate of drug-likeness (QED) is 0.765. The molecule has 0 heterocycles. The lowest BCUT2D eigenvalue weighted by atomic mass is 10.2. The number of carboxylic acid groups (broad SMARTS) is 1. The lowest BCUT2D eigenvalue weighted by molar-refractivity contribution is 0.0684. The Morgan fingerprint density at radius 2 is 2.00 bits per heavy atom. The molecule has 0 amide bonds. The van der Waals surface area contributed by atoms with Gasteiger partial charge in [0.1, 0.15) is 18.0 Å². The Labute approximate surface area is 103 Å². The van der Waals surface area contributed by atoms with Crippen molar-refractivity contribution in [1.29, 1.82) is 0 Å². The molecule has 0 aromatic heterocycles. The smallest absolute Gasteiger partial charge is 0.341 e. The molecule has 0 saturated heterocycles. The Kier molecular flexibility index (Phi) is 5.51. The van der Waals surface area contributed by atoms with Crippen LogP contribution in [0.3, 0.4) is 0 Å². The molecule has 1 aromatic rings. The van der Waals surface area contributed by atoms with Crippen LogP contribution in [-0.2, 0) is 4.74 Å². The minimum atomic E-state index is -1.67. The van der Waals surface area contributed by atoms with Crippen molar-refractivity contribution in [2.24, 2.45) is 0 Å². The van der Waals surface area contributed by atoms with Gasteiger partial charge in [0.15, 0.2) is 11.6 Å². The third kappa shape index (κ3) is 3.66. The number of hydrogen-bond donors (Lipinski definition) is 1. The first-order chi connectivity index (χ1) is 8.57. The molecule has 0 aliphatic rings. The van der Waals surface area contributed by atoms with Gasteiger partial charge in [0.2, 0.25) is 0 Å². The molecule has 0 fully saturated rings. The molecule has 0 aliphatic carbocycles. The van der Waals surface area contributed by atoms with Crippen LogP contribution < -0.4 is 4.74 Å². The summed E-state index contributed by atoms with van der Waals surface area (Å²) >= 11 is 0. The average molecular weight is 260 g/mol. The van der Waals surface area contributed by atoms with Crippen LogP contribution in [0.2, 0.25) is 0 Å². The molecule has 1 aromatic carbocycles. The van der Waals surface area contributed by atoms with Crippen LogP contribution in [0.1, 0.15) is 23.7 Å². The monoisotopic (exact) mass is 260 g/mol. The Morgan fingerprint density at radius 3 is 2.61 bits per heavy atom. The zero-order valence-corrected chi connectivity index (χ0v) is 9.91. The highest BCUT2D eigenvalue weighted by molar-refractivity contribution is 5.88. The molecular weight excluding hydrogens is 246 g/mol. The molecule has 4 nitrogen and oxygen atoms in total. The van der Waals surface area contributed by atoms with E-state index in [2.05, 4.69) is 0 Å². The van der Waals surface area contributed by atoms with Crippen molar-refractivity contribution in [2.45, 2.75) is 13.3 Å². The molecule has 1 N–H and O–H groups in total. The zero-order chi connectivity index (χ0) is 13.5. The van der Waals surface area contributed by atoms with Gasteiger partial charge in [-0.25, -0.2) is 13.6 Å². The van der Waals surface area contributed by atoms with E-state index in [9.17, 15) is 13.6 Å². The molecule has 0 spiro atoms. The van der Waals surface area contributed by atoms with Crippen LogP contribution in [0.15, 0.2) is 12.1 Å². The fourth-order valence-electron chi connectivity index (χ4n) is 1.30. The first-order valence-corrected chi connectivity index (χ1v) is 5.49. The molecule has 18 heavy (non-hydrogen) atoms. The Balaban J connectivity index is 2.67. The summed E-state index contributed by atoms with van der Waals surface area (Å²) < 4.78 is 36.7. The van der Waals surface area contributed by atoms with Crippen molar-refractivity contribution in [3.05, 3.63) is 29.3 Å². The van der Waals surface area contributed by atoms with Gasteiger partial charge in [-0.05, 0) is 18.6 Å². The highest BCUT2D eigenvalue weighted by Crippen LogP contribution is 2.23. The van der Waals surface area contributed by atoms with E-state index in [0.717, 1.165) is 18.6 Å². The zero-order valence-electron chi connectivity index (χ0n) is 9.91. The predicted octanol–water partition coefficient (Wildman–Crippen LogP) is 2.47. The molecule has 0 atom stereocenters. The van der Waals surface area contributed by atoms with E-state index in [-0.39, 0.29) is 19.0 Å². The maximum absolute atomic E-state index is 13.6. The van der Waals surface area contributed by atoms with Crippen LogP contribution in [-0.4, -0.2) is 30.9 Å². The van der Waals surface area contributed by atoms with E-state index in [1.165, 1.54) is 0 Å². The lowest BCUT2D eigenvalue weighted by Crippen LogP contribution is -2.11. The number of hydrogen-bond acceptors (Lipinski definition) is 3. The third-order valence-corrected chi connectivity index (χ3v) is 2.10. The van der Waals surface area contributed by atoms with Gasteiger partial charge in [0.05, 0.1) is 6.61 Å². The fraction of sp³-hybridized carbons (Fsp3) is 0.417. The van der Waals surface area contributed by atoms with Crippen molar-refractivity contribution in [3.8, 4) is 5.75 Å². The maximum Gasteiger partial charge on any atom is 0.341 e. The second-order valence-corrected chi connectivity index (χ2v) is 3.50. The fourth-order valence-corrected chi connectivity index (χ4v) is 1.30. The van der Waals surface area contributed by atoms with Crippen molar-refractivity contribution in [1.82, 2.24) is 0 Å². The van der Waals surface area contributed by atoms with Crippen LogP contribution >= 0.6 is 0 Å². The van der Waals surface area contributed by atoms with Gasteiger partial charge < -0.3 is 14.6 Å². The number of aromatic carboxylic acids is 1. The standard InChI is InChI=1S/C12H14F2O4/c1-2-5-17-6-7-18-9-4-3-8(13)10(11(9)14)12(15)16/h3-4H,2,5-7H2,1H3,(H,15,16). The van der Waals surface area contributed by atoms with E-state index >= 15 is 0 Å². The topological polar surface area (TPSA) is 55.8 Å². The van der Waals surface area contributed by atoms with Crippen molar-refractivity contribution < 1.29 is 28.2 Å². The minimum absolute atomic E-state index is 0.0710. The molecule has 1 rings (SSSR count). The van der Waals surface area contributed by atoms with Gasteiger partial charge in [-0.15, -0.1) is 0 Å². The second kappa shape index (κ2) is 6.90. The highest BCUT2D eigenvalue weighted by Gasteiger charge is 2.20. The minimum Gasteiger partial charge on any atom is -0.488 e. The van der Waals surface area contributed by atoms with Gasteiger partial charge >= 0.3 is 5.97 Å². The number of benzene rings is 1. The first-order valence-electron chi connectivity index (χ1n) is 5.49. The summed E-state index contributed by atoms with van der Waals surface area (Å²) in [7, 11) is 0. The maximum atomic E-state index is 13.6. The number of carbonyl (C=O) groups is 1. The summed E-state index contributed by atoms with van der Waals surface area (Å²) in [5.41, 5.74) is -1.01. The van der Waals surface area contributed by atoms with E-state index < -0.39 is 23.2 Å². The van der Waals surface area contributed by atoms with E-state index in [0.29, 0.717) is 6.61 Å². The summed E-state index contributed by atoms with van der Waals surface area (Å²) in [4.78, 5) is 10.6. The molecule has 6 heteroatoms. The van der Waals surface area contributed by atoms with Crippen LogP contribution in [0, 0.1) is 11.6 Å². The summed E-state index contributed by atoms with van der Waals surface area (Å²) in [5.74, 6) is -4.31. The molecule has 0 aliphatic heterocycles. The number of carboxylic acids is 1. The van der Waals surface area contributed by atoms with Gasteiger partial charge in [-0.3, -0.25) is 0 Å². The SMILES string of the molecule is CCCOCCOc1ccc(F)c(C(=O)O)c1F. The van der Waals surface area contributed by atoms with Gasteiger partial charge in [0, 0.05) is 6.61 Å². The molecule has 0 unspecified atom stereocenters. The summed E-state index contributed by atoms with van der Waals surface area (Å²) in [6.07, 6.45) is 0.855. The molecular formula is C12H14F2O4. The Hall–Kier alpha value is -1.69. The Morgan fingerprint density at radius 1 is 1.28 bits per heavy atom. The van der Waals surface area contributed by atoms with E-state index in [1.807, 2.05) is 6.92 Å². The van der Waals surface area contributed by atoms with Gasteiger partial charge in [0.25, 0.3) is 0 Å². The number of rotatable bonds is 7. The average Bonchev–Trinajstić information content (AvgIpc) is 2.31. The van der Waals surface area contributed by atoms with Gasteiger partial charge in [-0.1, -0.05) is 6.92 Å². The first kappa shape index (κ1) is 14.4. The summed E-state index contributed by atoms with van der Waals surface area (Å²) in [5, 5.41) is 8.65. The van der Waals surface area contributed by atoms with Crippen molar-refractivity contribution in [2.75, 3.05) is 19.8 Å².